The van der Waals surface area contributed by atoms with Gasteiger partial charge in [0.15, 0.2) is 0 Å². The van der Waals surface area contributed by atoms with Crippen molar-refractivity contribution in [3.05, 3.63) is 70.2 Å². The molecule has 0 saturated carbocycles. The third kappa shape index (κ3) is 4.75. The summed E-state index contributed by atoms with van der Waals surface area (Å²) in [6.45, 7) is 0. The zero-order valence-electron chi connectivity index (χ0n) is 11.1. The summed E-state index contributed by atoms with van der Waals surface area (Å²) in [5, 5.41) is 13.2. The lowest BCUT2D eigenvalue weighted by atomic mass is 10.1. The third-order valence-electron chi connectivity index (χ3n) is 2.72. The predicted molar refractivity (Wildman–Crippen MR) is 82.0 cm³/mol. The van der Waals surface area contributed by atoms with E-state index in [2.05, 4.69) is 10.5 Å². The van der Waals surface area contributed by atoms with E-state index in [4.69, 9.17) is 16.9 Å². The molecule has 2 rings (SSSR count). The summed E-state index contributed by atoms with van der Waals surface area (Å²) >= 11 is 5.78. The Morgan fingerprint density at radius 1 is 1.19 bits per heavy atom. The zero-order chi connectivity index (χ0) is 15.1. The quantitative estimate of drug-likeness (QED) is 0.696. The van der Waals surface area contributed by atoms with Crippen molar-refractivity contribution in [2.24, 2.45) is 5.10 Å². The van der Waals surface area contributed by atoms with E-state index in [1.54, 1.807) is 48.5 Å². The number of amides is 1. The highest BCUT2D eigenvalue weighted by Gasteiger charge is 2.01. The number of hydrogen-bond acceptors (Lipinski definition) is 3. The van der Waals surface area contributed by atoms with Crippen LogP contribution in [0.2, 0.25) is 5.02 Å². The van der Waals surface area contributed by atoms with Crippen molar-refractivity contribution >= 4 is 23.7 Å². The van der Waals surface area contributed by atoms with E-state index >= 15 is 0 Å². The Hall–Kier alpha value is -2.64. The highest BCUT2D eigenvalue weighted by atomic mass is 35.5. The van der Waals surface area contributed by atoms with Crippen molar-refractivity contribution in [2.45, 2.75) is 6.42 Å². The van der Waals surface area contributed by atoms with Gasteiger partial charge in [-0.25, -0.2) is 5.43 Å². The molecule has 0 aliphatic rings. The van der Waals surface area contributed by atoms with Gasteiger partial charge in [0.05, 0.1) is 24.3 Å². The highest BCUT2D eigenvalue weighted by Crippen LogP contribution is 2.09. The standard InChI is InChI=1S/C16H12ClN3O/c17-15-7-5-12(6-8-15)9-16(21)20-19-11-14-3-1-13(10-18)2-4-14/h1-8,11H,9H2,(H,20,21)/b19-11+. The maximum Gasteiger partial charge on any atom is 0.244 e. The Bertz CT molecular complexity index is 685. The molecule has 0 radical (unpaired) electrons. The largest absolute Gasteiger partial charge is 0.273 e. The summed E-state index contributed by atoms with van der Waals surface area (Å²) in [5.74, 6) is -0.206. The first-order valence-electron chi connectivity index (χ1n) is 6.24. The van der Waals surface area contributed by atoms with E-state index in [0.29, 0.717) is 10.6 Å². The van der Waals surface area contributed by atoms with E-state index in [9.17, 15) is 4.79 Å². The second-order valence-corrected chi connectivity index (χ2v) is 4.77. The number of benzene rings is 2. The van der Waals surface area contributed by atoms with Crippen LogP contribution >= 0.6 is 11.6 Å². The predicted octanol–water partition coefficient (Wildman–Crippen LogP) is 2.90. The molecule has 1 amide bonds. The molecule has 0 spiro atoms. The van der Waals surface area contributed by atoms with Gasteiger partial charge in [0.25, 0.3) is 0 Å². The molecule has 0 saturated heterocycles. The van der Waals surface area contributed by atoms with Crippen LogP contribution in [0.3, 0.4) is 0 Å². The average molecular weight is 298 g/mol. The number of hydrogen-bond donors (Lipinski definition) is 1. The topological polar surface area (TPSA) is 65.2 Å². The van der Waals surface area contributed by atoms with Crippen LogP contribution in [-0.2, 0) is 11.2 Å². The van der Waals surface area contributed by atoms with Crippen LogP contribution in [0.15, 0.2) is 53.6 Å². The minimum absolute atomic E-state index is 0.206. The molecule has 0 aliphatic heterocycles. The van der Waals surface area contributed by atoms with Crippen LogP contribution in [0.4, 0.5) is 0 Å². The van der Waals surface area contributed by atoms with Gasteiger partial charge in [0.1, 0.15) is 0 Å². The Kier molecular flexibility index (Phi) is 5.08. The smallest absolute Gasteiger partial charge is 0.244 e. The Labute approximate surface area is 127 Å². The van der Waals surface area contributed by atoms with E-state index in [-0.39, 0.29) is 12.3 Å². The fourth-order valence-corrected chi connectivity index (χ4v) is 1.78. The summed E-state index contributed by atoms with van der Waals surface area (Å²) in [7, 11) is 0. The van der Waals surface area contributed by atoms with Crippen LogP contribution < -0.4 is 5.43 Å². The first kappa shape index (κ1) is 14.8. The summed E-state index contributed by atoms with van der Waals surface area (Å²) in [5.41, 5.74) is 4.71. The van der Waals surface area contributed by atoms with Crippen molar-refractivity contribution in [3.8, 4) is 6.07 Å². The molecule has 104 valence electrons. The number of rotatable bonds is 4. The molecule has 0 heterocycles. The lowest BCUT2D eigenvalue weighted by molar-refractivity contribution is -0.120. The lowest BCUT2D eigenvalue weighted by Gasteiger charge is -2.00. The molecule has 5 heteroatoms. The van der Waals surface area contributed by atoms with Crippen molar-refractivity contribution in [2.75, 3.05) is 0 Å². The van der Waals surface area contributed by atoms with Gasteiger partial charge in [0, 0.05) is 5.02 Å². The van der Waals surface area contributed by atoms with Gasteiger partial charge in [-0.15, -0.1) is 0 Å². The molecule has 0 atom stereocenters. The number of halogens is 1. The van der Waals surface area contributed by atoms with Crippen LogP contribution in [-0.4, -0.2) is 12.1 Å². The second-order valence-electron chi connectivity index (χ2n) is 4.33. The van der Waals surface area contributed by atoms with Gasteiger partial charge < -0.3 is 0 Å². The molecule has 0 fully saturated rings. The number of nitrogens with zero attached hydrogens (tertiary/aromatic N) is 2. The highest BCUT2D eigenvalue weighted by molar-refractivity contribution is 6.30. The molecule has 0 aliphatic carbocycles. The van der Waals surface area contributed by atoms with E-state index in [1.807, 2.05) is 6.07 Å². The number of nitrogens with one attached hydrogen (secondary N) is 1. The van der Waals surface area contributed by atoms with E-state index < -0.39 is 0 Å². The fourth-order valence-electron chi connectivity index (χ4n) is 1.65. The van der Waals surface area contributed by atoms with E-state index in [0.717, 1.165) is 11.1 Å². The third-order valence-corrected chi connectivity index (χ3v) is 2.97. The van der Waals surface area contributed by atoms with Gasteiger partial charge in [0.2, 0.25) is 5.91 Å². The monoisotopic (exact) mass is 297 g/mol. The van der Waals surface area contributed by atoms with Crippen LogP contribution in [0.1, 0.15) is 16.7 Å². The van der Waals surface area contributed by atoms with Crippen molar-refractivity contribution in [1.82, 2.24) is 5.43 Å². The normalized spacial score (nSPS) is 10.3. The minimum atomic E-state index is -0.206. The molecule has 2 aromatic rings. The first-order chi connectivity index (χ1) is 10.2. The van der Waals surface area contributed by atoms with Gasteiger partial charge in [-0.05, 0) is 35.4 Å². The second kappa shape index (κ2) is 7.22. The molecular weight excluding hydrogens is 286 g/mol. The van der Waals surface area contributed by atoms with Crippen LogP contribution in [0, 0.1) is 11.3 Å². The molecule has 0 unspecified atom stereocenters. The number of nitriles is 1. The Balaban J connectivity index is 1.86. The van der Waals surface area contributed by atoms with Crippen LogP contribution in [0.25, 0.3) is 0 Å². The summed E-state index contributed by atoms with van der Waals surface area (Å²) < 4.78 is 0. The maximum atomic E-state index is 11.7. The van der Waals surface area contributed by atoms with Crippen molar-refractivity contribution in [3.63, 3.8) is 0 Å². The zero-order valence-corrected chi connectivity index (χ0v) is 11.8. The van der Waals surface area contributed by atoms with Gasteiger partial charge >= 0.3 is 0 Å². The Morgan fingerprint density at radius 2 is 1.86 bits per heavy atom. The average Bonchev–Trinajstić information content (AvgIpc) is 2.50. The number of carbonyl (C=O) groups is 1. The maximum absolute atomic E-state index is 11.7. The molecule has 0 aromatic heterocycles. The van der Waals surface area contributed by atoms with Crippen LogP contribution in [0.5, 0.6) is 0 Å². The summed E-state index contributed by atoms with van der Waals surface area (Å²) in [6.07, 6.45) is 1.77. The lowest BCUT2D eigenvalue weighted by Crippen LogP contribution is -2.19. The van der Waals surface area contributed by atoms with Gasteiger partial charge in [-0.2, -0.15) is 10.4 Å². The SMILES string of the molecule is N#Cc1ccc(/C=N/NC(=O)Cc2ccc(Cl)cc2)cc1. The van der Waals surface area contributed by atoms with Crippen molar-refractivity contribution < 1.29 is 4.79 Å². The molecule has 2 aromatic carbocycles. The minimum Gasteiger partial charge on any atom is -0.273 e. The molecule has 4 nitrogen and oxygen atoms in total. The van der Waals surface area contributed by atoms with E-state index in [1.165, 1.54) is 6.21 Å². The fraction of sp³-hybridized carbons (Fsp3) is 0.0625. The molecule has 0 bridgehead atoms. The number of hydrazone groups is 1. The molecule has 1 N–H and O–H groups in total. The van der Waals surface area contributed by atoms with Gasteiger partial charge in [-0.1, -0.05) is 35.9 Å². The molecular formula is C16H12ClN3O. The molecule has 21 heavy (non-hydrogen) atoms. The Morgan fingerprint density at radius 3 is 2.48 bits per heavy atom. The summed E-state index contributed by atoms with van der Waals surface area (Å²) in [6, 6.07) is 16.0. The summed E-state index contributed by atoms with van der Waals surface area (Å²) in [4.78, 5) is 11.7. The first-order valence-corrected chi connectivity index (χ1v) is 6.61. The van der Waals surface area contributed by atoms with Gasteiger partial charge in [-0.3, -0.25) is 4.79 Å². The van der Waals surface area contributed by atoms with Crippen molar-refractivity contribution in [1.29, 1.82) is 5.26 Å². The number of carbonyl (C=O) groups excluding carboxylic acids is 1.